The number of hydrogen-bond donors (Lipinski definition) is 4. The second-order valence-corrected chi connectivity index (χ2v) is 11.2. The number of aromatic nitrogens is 2. The summed E-state index contributed by atoms with van der Waals surface area (Å²) in [7, 11) is 4.50. The summed E-state index contributed by atoms with van der Waals surface area (Å²) in [6.45, 7) is 1.53. The number of methoxy groups -OCH3 is 1. The van der Waals surface area contributed by atoms with E-state index in [9.17, 15) is 28.7 Å². The van der Waals surface area contributed by atoms with Crippen molar-refractivity contribution in [1.29, 1.82) is 0 Å². The van der Waals surface area contributed by atoms with Gasteiger partial charge in [0, 0.05) is 58.4 Å². The van der Waals surface area contributed by atoms with Crippen LogP contribution in [0.4, 0.5) is 4.39 Å². The standard InChI is InChI=1S/C27H34ClFN6O6/c1-34(2)24(40)22(38)33-27-9-7-26(8-10-27,14-30-11-12-41-3)15-35-23(39)20(36)19(32-25(27)35)21(37)31-13-16-5-4-6-17(28)18(16)29/h4-6,30,36H,7-15H2,1-3H3,(H,31,37)(H,33,38). The Morgan fingerprint density at radius 3 is 2.59 bits per heavy atom. The molecular formula is C27H34ClFN6O6. The Morgan fingerprint density at radius 1 is 1.22 bits per heavy atom. The molecule has 12 nitrogen and oxygen atoms in total. The van der Waals surface area contributed by atoms with Crippen LogP contribution in [0.5, 0.6) is 5.75 Å². The molecule has 1 fully saturated rings. The van der Waals surface area contributed by atoms with Crippen LogP contribution in [-0.4, -0.2) is 78.2 Å². The molecule has 4 N–H and O–H groups in total. The Balaban J connectivity index is 1.73. The minimum atomic E-state index is -1.24. The first kappa shape index (κ1) is 30.4. The van der Waals surface area contributed by atoms with Crippen LogP contribution in [0, 0.1) is 11.2 Å². The van der Waals surface area contributed by atoms with E-state index in [0.29, 0.717) is 45.4 Å². The van der Waals surface area contributed by atoms with Crippen LogP contribution in [0.2, 0.25) is 5.02 Å². The van der Waals surface area contributed by atoms with E-state index in [1.807, 2.05) is 0 Å². The summed E-state index contributed by atoms with van der Waals surface area (Å²) in [4.78, 5) is 57.7. The lowest BCUT2D eigenvalue weighted by atomic mass is 9.68. The second kappa shape index (κ2) is 12.1. The maximum Gasteiger partial charge on any atom is 0.311 e. The number of hydrogen-bond acceptors (Lipinski definition) is 8. The van der Waals surface area contributed by atoms with Crippen molar-refractivity contribution in [2.24, 2.45) is 5.41 Å². The number of carbonyl (C=O) groups is 3. The van der Waals surface area contributed by atoms with Gasteiger partial charge in [-0.15, -0.1) is 0 Å². The lowest BCUT2D eigenvalue weighted by Crippen LogP contribution is -2.54. The summed E-state index contributed by atoms with van der Waals surface area (Å²) >= 11 is 5.82. The van der Waals surface area contributed by atoms with Gasteiger partial charge in [0.1, 0.15) is 11.6 Å². The summed E-state index contributed by atoms with van der Waals surface area (Å²) in [5, 5.41) is 19.3. The maximum atomic E-state index is 14.3. The number of benzene rings is 1. The molecule has 1 aliphatic carbocycles. The molecule has 0 spiro atoms. The summed E-state index contributed by atoms with van der Waals surface area (Å²) in [5.41, 5.74) is -2.96. The van der Waals surface area contributed by atoms with Crippen molar-refractivity contribution in [3.8, 4) is 5.75 Å². The Morgan fingerprint density at radius 2 is 1.93 bits per heavy atom. The first-order valence-electron chi connectivity index (χ1n) is 13.2. The molecule has 1 saturated carbocycles. The quantitative estimate of drug-likeness (QED) is 0.247. The molecule has 2 bridgehead atoms. The number of ether oxygens (including phenoxy) is 1. The number of amides is 3. The third-order valence-electron chi connectivity index (χ3n) is 7.85. The van der Waals surface area contributed by atoms with Gasteiger partial charge in [0.2, 0.25) is 5.75 Å². The first-order valence-corrected chi connectivity index (χ1v) is 13.6. The lowest BCUT2D eigenvalue weighted by molar-refractivity contribution is -0.145. The number of rotatable bonds is 9. The molecule has 0 atom stereocenters. The van der Waals surface area contributed by atoms with Crippen LogP contribution < -0.4 is 21.5 Å². The number of nitrogens with one attached hydrogen (secondary N) is 3. The van der Waals surface area contributed by atoms with Gasteiger partial charge in [-0.1, -0.05) is 23.7 Å². The Hall–Kier alpha value is -3.55. The van der Waals surface area contributed by atoms with Gasteiger partial charge in [0.15, 0.2) is 5.69 Å². The molecule has 1 aromatic heterocycles. The van der Waals surface area contributed by atoms with Crippen molar-refractivity contribution in [3.63, 3.8) is 0 Å². The molecule has 14 heteroatoms. The number of fused-ring (bicyclic) bond motifs is 2. The number of carbonyl (C=O) groups excluding carboxylic acids is 3. The second-order valence-electron chi connectivity index (χ2n) is 10.8. The van der Waals surface area contributed by atoms with Crippen molar-refractivity contribution in [2.75, 3.05) is 40.9 Å². The summed E-state index contributed by atoms with van der Waals surface area (Å²) in [5.74, 6) is -4.07. The molecule has 3 amide bonds. The molecular weight excluding hydrogens is 559 g/mol. The molecule has 2 aromatic rings. The van der Waals surface area contributed by atoms with Crippen molar-refractivity contribution >= 4 is 29.3 Å². The monoisotopic (exact) mass is 592 g/mol. The van der Waals surface area contributed by atoms with Gasteiger partial charge in [-0.25, -0.2) is 9.37 Å². The zero-order chi connectivity index (χ0) is 29.9. The van der Waals surface area contributed by atoms with Gasteiger partial charge in [0.25, 0.3) is 11.5 Å². The number of aromatic hydroxyl groups is 1. The highest BCUT2D eigenvalue weighted by molar-refractivity contribution is 6.35. The normalized spacial score (nSPS) is 21.1. The third-order valence-corrected chi connectivity index (χ3v) is 8.15. The first-order chi connectivity index (χ1) is 19.4. The van der Waals surface area contributed by atoms with Gasteiger partial charge in [-0.05, 0) is 31.7 Å². The molecule has 0 radical (unpaired) electrons. The van der Waals surface area contributed by atoms with Crippen LogP contribution >= 0.6 is 11.6 Å². The number of likely N-dealkylation sites (N-methyl/N-ethyl adjacent to an activating group) is 1. The van der Waals surface area contributed by atoms with E-state index < -0.39 is 51.5 Å². The third kappa shape index (κ3) is 6.07. The SMILES string of the molecule is COCCNCC12CCC(NC(=O)C(=O)N(C)C)(CC1)c1nc(C(=O)NCc3cccc(Cl)c3F)c(O)c(=O)n1C2. The molecule has 0 unspecified atom stereocenters. The average Bonchev–Trinajstić information content (AvgIpc) is 3.16. The molecule has 41 heavy (non-hydrogen) atoms. The topological polar surface area (TPSA) is 155 Å². The highest BCUT2D eigenvalue weighted by Gasteiger charge is 2.52. The Bertz CT molecular complexity index is 1410. The zero-order valence-corrected chi connectivity index (χ0v) is 23.9. The van der Waals surface area contributed by atoms with E-state index in [0.717, 1.165) is 4.90 Å². The van der Waals surface area contributed by atoms with E-state index in [4.69, 9.17) is 16.3 Å². The van der Waals surface area contributed by atoms with Gasteiger partial charge in [-0.2, -0.15) is 0 Å². The van der Waals surface area contributed by atoms with Gasteiger partial charge in [0.05, 0.1) is 17.2 Å². The van der Waals surface area contributed by atoms with Crippen LogP contribution in [0.3, 0.4) is 0 Å². The van der Waals surface area contributed by atoms with Gasteiger partial charge >= 0.3 is 11.8 Å². The van der Waals surface area contributed by atoms with E-state index >= 15 is 0 Å². The van der Waals surface area contributed by atoms with Crippen LogP contribution in [0.25, 0.3) is 0 Å². The van der Waals surface area contributed by atoms with Crippen LogP contribution in [0.1, 0.15) is 47.6 Å². The number of nitrogens with zero attached hydrogens (tertiary/aromatic N) is 3. The van der Waals surface area contributed by atoms with Crippen molar-refractivity contribution in [3.05, 3.63) is 56.5 Å². The van der Waals surface area contributed by atoms with Crippen molar-refractivity contribution in [1.82, 2.24) is 30.4 Å². The largest absolute Gasteiger partial charge is 0.501 e. The average molecular weight is 593 g/mol. The van der Waals surface area contributed by atoms with Gasteiger partial charge < -0.3 is 30.7 Å². The number of halogens is 2. The smallest absolute Gasteiger partial charge is 0.311 e. The molecule has 222 valence electrons. The highest BCUT2D eigenvalue weighted by atomic mass is 35.5. The van der Waals surface area contributed by atoms with Crippen LogP contribution in [0.15, 0.2) is 23.0 Å². The minimum absolute atomic E-state index is 0.0792. The predicted molar refractivity (Wildman–Crippen MR) is 147 cm³/mol. The highest BCUT2D eigenvalue weighted by Crippen LogP contribution is 2.49. The summed E-state index contributed by atoms with van der Waals surface area (Å²) < 4.78 is 20.8. The summed E-state index contributed by atoms with van der Waals surface area (Å²) in [6.07, 6.45) is 1.83. The van der Waals surface area contributed by atoms with E-state index in [1.54, 1.807) is 7.11 Å². The molecule has 3 aliphatic rings. The minimum Gasteiger partial charge on any atom is -0.501 e. The predicted octanol–water partition coefficient (Wildman–Crippen LogP) is 0.881. The van der Waals surface area contributed by atoms with Crippen molar-refractivity contribution < 1.29 is 28.6 Å². The lowest BCUT2D eigenvalue weighted by Gasteiger charge is -2.42. The van der Waals surface area contributed by atoms with Crippen LogP contribution in [-0.2, 0) is 33.0 Å². The Kier molecular flexibility index (Phi) is 9.00. The molecule has 2 aliphatic heterocycles. The Labute approximate surface area is 241 Å². The van der Waals surface area contributed by atoms with E-state index in [-0.39, 0.29) is 29.5 Å². The van der Waals surface area contributed by atoms with E-state index in [2.05, 4.69) is 20.9 Å². The maximum absolute atomic E-state index is 14.3. The molecule has 5 rings (SSSR count). The molecule has 0 saturated heterocycles. The zero-order valence-electron chi connectivity index (χ0n) is 23.2. The summed E-state index contributed by atoms with van der Waals surface area (Å²) in [6, 6.07) is 4.33. The fraction of sp³-hybridized carbons (Fsp3) is 0.519. The van der Waals surface area contributed by atoms with Gasteiger partial charge in [-0.3, -0.25) is 23.7 Å². The van der Waals surface area contributed by atoms with E-state index in [1.165, 1.54) is 36.9 Å². The molecule has 3 heterocycles. The fourth-order valence-electron chi connectivity index (χ4n) is 5.50. The van der Waals surface area contributed by atoms with Crippen molar-refractivity contribution in [2.45, 2.75) is 44.3 Å². The molecule has 1 aromatic carbocycles. The fourth-order valence-corrected chi connectivity index (χ4v) is 5.69.